The van der Waals surface area contributed by atoms with E-state index in [-0.39, 0.29) is 24.0 Å². The summed E-state index contributed by atoms with van der Waals surface area (Å²) in [5, 5.41) is 5.35. The minimum absolute atomic E-state index is 0.0642. The quantitative estimate of drug-likeness (QED) is 0.0424. The number of carbonyl (C=O) groups excluding carboxylic acids is 4. The second-order valence-electron chi connectivity index (χ2n) is 14.5. The summed E-state index contributed by atoms with van der Waals surface area (Å²) in [5.74, 6) is -2.17. The number of benzene rings is 4. The zero-order valence-corrected chi connectivity index (χ0v) is 35.5. The summed E-state index contributed by atoms with van der Waals surface area (Å²) in [5.41, 5.74) is 3.29. The maximum absolute atomic E-state index is 13.2. The Bertz CT molecular complexity index is 1920. The van der Waals surface area contributed by atoms with E-state index in [1.807, 2.05) is 54.6 Å². The maximum atomic E-state index is 13.2. The normalized spacial score (nSPS) is 15.2. The lowest BCUT2D eigenvalue weighted by Gasteiger charge is -2.36. The molecule has 2 N–H and O–H groups in total. The van der Waals surface area contributed by atoms with Gasteiger partial charge in [-0.05, 0) is 35.2 Å². The van der Waals surface area contributed by atoms with Crippen LogP contribution in [0.5, 0.6) is 0 Å². The van der Waals surface area contributed by atoms with Gasteiger partial charge in [0.1, 0.15) is 11.6 Å². The van der Waals surface area contributed by atoms with Crippen molar-refractivity contribution in [3.05, 3.63) is 137 Å². The number of amides is 4. The van der Waals surface area contributed by atoms with Gasteiger partial charge in [0, 0.05) is 18.7 Å². The number of carbonyl (C=O) groups is 4. The van der Waals surface area contributed by atoms with E-state index in [4.69, 9.17) is 37.9 Å². The van der Waals surface area contributed by atoms with Gasteiger partial charge in [0.15, 0.2) is 0 Å². The highest BCUT2D eigenvalue weighted by atomic mass is 16.6. The summed E-state index contributed by atoms with van der Waals surface area (Å²) in [6.07, 6.45) is 0.166. The number of imide groups is 2. The molecular formula is C48H57N3O12. The number of rotatable bonds is 30. The fraction of sp³-hybridized carbons (Fsp3) is 0.417. The molecule has 1 fully saturated rings. The van der Waals surface area contributed by atoms with Crippen LogP contribution in [0.15, 0.2) is 109 Å². The molecule has 4 aromatic carbocycles. The van der Waals surface area contributed by atoms with Crippen LogP contribution in [0.2, 0.25) is 0 Å². The summed E-state index contributed by atoms with van der Waals surface area (Å²) in [6, 6.07) is 34.7. The van der Waals surface area contributed by atoms with Crippen molar-refractivity contribution in [3.8, 4) is 0 Å². The molecule has 0 radical (unpaired) electrons. The van der Waals surface area contributed by atoms with Crippen LogP contribution in [0.1, 0.15) is 50.2 Å². The number of piperidine rings is 1. The number of hydrogen-bond acceptors (Lipinski definition) is 13. The van der Waals surface area contributed by atoms with E-state index in [0.717, 1.165) is 21.6 Å². The minimum Gasteiger partial charge on any atom is -0.382 e. The topological polar surface area (TPSA) is 169 Å². The summed E-state index contributed by atoms with van der Waals surface area (Å²) >= 11 is 0. The van der Waals surface area contributed by atoms with Crippen LogP contribution in [0.25, 0.3) is 0 Å². The highest BCUT2D eigenvalue weighted by molar-refractivity contribution is 6.25. The van der Waals surface area contributed by atoms with E-state index in [2.05, 4.69) is 47.0 Å². The third-order valence-corrected chi connectivity index (χ3v) is 10.3. The number of anilines is 1. The first-order valence-corrected chi connectivity index (χ1v) is 21.4. The van der Waals surface area contributed by atoms with E-state index in [1.54, 1.807) is 18.2 Å². The third kappa shape index (κ3) is 13.3. The molecule has 0 saturated carbocycles. The van der Waals surface area contributed by atoms with Gasteiger partial charge in [0.05, 0.1) is 110 Å². The van der Waals surface area contributed by atoms with Crippen molar-refractivity contribution in [1.29, 1.82) is 0 Å². The molecule has 0 spiro atoms. The van der Waals surface area contributed by atoms with E-state index in [1.165, 1.54) is 0 Å². The molecule has 336 valence electrons. The number of ether oxygens (including phenoxy) is 8. The van der Waals surface area contributed by atoms with E-state index in [0.29, 0.717) is 111 Å². The van der Waals surface area contributed by atoms with Crippen LogP contribution >= 0.6 is 0 Å². The second kappa shape index (κ2) is 25.7. The first-order chi connectivity index (χ1) is 31.0. The van der Waals surface area contributed by atoms with Crippen molar-refractivity contribution in [3.63, 3.8) is 0 Å². The number of nitrogens with one attached hydrogen (secondary N) is 2. The van der Waals surface area contributed by atoms with Gasteiger partial charge in [-0.25, -0.2) is 0 Å². The zero-order chi connectivity index (χ0) is 44.0. The van der Waals surface area contributed by atoms with Crippen molar-refractivity contribution in [1.82, 2.24) is 10.2 Å². The van der Waals surface area contributed by atoms with Gasteiger partial charge in [-0.15, -0.1) is 0 Å². The van der Waals surface area contributed by atoms with Gasteiger partial charge in [-0.3, -0.25) is 29.4 Å². The Morgan fingerprint density at radius 1 is 0.508 bits per heavy atom. The predicted molar refractivity (Wildman–Crippen MR) is 232 cm³/mol. The molecule has 15 nitrogen and oxygen atoms in total. The van der Waals surface area contributed by atoms with Gasteiger partial charge in [0.25, 0.3) is 11.8 Å². The Morgan fingerprint density at radius 2 is 0.937 bits per heavy atom. The second-order valence-corrected chi connectivity index (χ2v) is 14.5. The third-order valence-electron chi connectivity index (χ3n) is 10.3. The lowest BCUT2D eigenvalue weighted by atomic mass is 9.80. The van der Waals surface area contributed by atoms with Crippen LogP contribution in [-0.4, -0.2) is 140 Å². The van der Waals surface area contributed by atoms with Gasteiger partial charge in [-0.2, -0.15) is 0 Å². The number of nitrogens with zero attached hydrogens (tertiary/aromatic N) is 1. The molecule has 4 amide bonds. The largest absolute Gasteiger partial charge is 0.382 e. The molecule has 63 heavy (non-hydrogen) atoms. The molecule has 6 rings (SSSR count). The molecule has 2 aliphatic heterocycles. The Morgan fingerprint density at radius 3 is 1.38 bits per heavy atom. The summed E-state index contributed by atoms with van der Waals surface area (Å²) < 4.78 is 46.1. The highest BCUT2D eigenvalue weighted by Gasteiger charge is 2.45. The Labute approximate surface area is 368 Å². The summed E-state index contributed by atoms with van der Waals surface area (Å²) in [4.78, 5) is 51.0. The van der Waals surface area contributed by atoms with Gasteiger partial charge in [-0.1, -0.05) is 97.1 Å². The number of fused-ring (bicyclic) bond motifs is 1. The van der Waals surface area contributed by atoms with Crippen LogP contribution in [0.3, 0.4) is 0 Å². The van der Waals surface area contributed by atoms with Crippen molar-refractivity contribution in [2.24, 2.45) is 0 Å². The van der Waals surface area contributed by atoms with Crippen molar-refractivity contribution < 1.29 is 57.1 Å². The Balaban J connectivity index is 0.714. The average Bonchev–Trinajstić information content (AvgIpc) is 3.57. The highest BCUT2D eigenvalue weighted by Crippen LogP contribution is 2.40. The predicted octanol–water partition coefficient (Wildman–Crippen LogP) is 4.62. The van der Waals surface area contributed by atoms with E-state index in [9.17, 15) is 19.2 Å². The molecule has 0 bridgehead atoms. The van der Waals surface area contributed by atoms with E-state index < -0.39 is 35.3 Å². The minimum atomic E-state index is -1.01. The molecule has 2 aliphatic rings. The lowest BCUT2D eigenvalue weighted by Crippen LogP contribution is -2.54. The van der Waals surface area contributed by atoms with Gasteiger partial charge < -0.3 is 43.2 Å². The summed E-state index contributed by atoms with van der Waals surface area (Å²) in [7, 11) is 0. The summed E-state index contributed by atoms with van der Waals surface area (Å²) in [6.45, 7) is 6.74. The average molecular weight is 868 g/mol. The number of hydrogen-bond donors (Lipinski definition) is 2. The SMILES string of the molecule is O=C1CCC(N2C(=O)c3cccc(NCCOCCOCCOCCOCCOCCOCCOCCOC(c4ccccc4)(c4ccccc4)c4ccccc4)c3C2=O)C(=O)N1. The first-order valence-electron chi connectivity index (χ1n) is 21.4. The molecule has 0 aliphatic carbocycles. The molecule has 15 heteroatoms. The molecular weight excluding hydrogens is 811 g/mol. The monoisotopic (exact) mass is 867 g/mol. The molecule has 4 aromatic rings. The Hall–Kier alpha value is -5.36. The molecule has 0 aromatic heterocycles. The zero-order valence-electron chi connectivity index (χ0n) is 35.5. The van der Waals surface area contributed by atoms with Gasteiger partial charge >= 0.3 is 0 Å². The van der Waals surface area contributed by atoms with E-state index >= 15 is 0 Å². The van der Waals surface area contributed by atoms with Crippen LogP contribution in [0.4, 0.5) is 5.69 Å². The standard InChI is InChI=1S/C48H57N3O12/c52-43-20-19-42(45(53)50-43)51-46(54)40-17-10-18-41(44(40)47(51)55)49-21-22-56-23-24-57-25-26-58-27-28-59-29-30-60-31-32-61-33-34-62-35-36-63-48(37-11-4-1-5-12-37,38-13-6-2-7-14-38)39-15-8-3-9-16-39/h1-18,42,49H,19-36H2,(H,50,52,53). The van der Waals surface area contributed by atoms with Crippen LogP contribution < -0.4 is 10.6 Å². The van der Waals surface area contributed by atoms with Crippen molar-refractivity contribution >= 4 is 29.3 Å². The maximum Gasteiger partial charge on any atom is 0.264 e. The van der Waals surface area contributed by atoms with Gasteiger partial charge in [0.2, 0.25) is 11.8 Å². The van der Waals surface area contributed by atoms with Crippen molar-refractivity contribution in [2.45, 2.75) is 24.5 Å². The van der Waals surface area contributed by atoms with Crippen LogP contribution in [-0.2, 0) is 53.1 Å². The first kappa shape index (κ1) is 47.1. The Kier molecular flexibility index (Phi) is 19.2. The lowest BCUT2D eigenvalue weighted by molar-refractivity contribution is -0.136. The molecule has 2 heterocycles. The van der Waals surface area contributed by atoms with Crippen molar-refractivity contribution in [2.75, 3.05) is 111 Å². The van der Waals surface area contributed by atoms with Crippen LogP contribution in [0, 0.1) is 0 Å². The fourth-order valence-electron chi connectivity index (χ4n) is 7.36. The fourth-order valence-corrected chi connectivity index (χ4v) is 7.36. The molecule has 1 atom stereocenters. The molecule has 1 saturated heterocycles. The smallest absolute Gasteiger partial charge is 0.264 e. The molecule has 1 unspecified atom stereocenters.